The SMILES string of the molecule is CC(Br)c1ccc(Oc2ccccc2)cc1F. The van der Waals surface area contributed by atoms with Crippen LogP contribution in [0.1, 0.15) is 17.3 Å². The van der Waals surface area contributed by atoms with E-state index in [1.165, 1.54) is 6.07 Å². The molecule has 0 aliphatic heterocycles. The molecule has 0 spiro atoms. The van der Waals surface area contributed by atoms with E-state index >= 15 is 0 Å². The predicted molar refractivity (Wildman–Crippen MR) is 70.3 cm³/mol. The van der Waals surface area contributed by atoms with Crippen LogP contribution in [0.4, 0.5) is 4.39 Å². The van der Waals surface area contributed by atoms with Crippen molar-refractivity contribution in [3.05, 3.63) is 59.9 Å². The first-order chi connectivity index (χ1) is 8.16. The van der Waals surface area contributed by atoms with Crippen LogP contribution in [-0.4, -0.2) is 0 Å². The number of ether oxygens (including phenoxy) is 1. The summed E-state index contributed by atoms with van der Waals surface area (Å²) in [6.45, 7) is 1.89. The van der Waals surface area contributed by atoms with Crippen molar-refractivity contribution >= 4 is 15.9 Å². The number of rotatable bonds is 3. The maximum Gasteiger partial charge on any atom is 0.131 e. The number of para-hydroxylation sites is 1. The first-order valence-corrected chi connectivity index (χ1v) is 6.25. The van der Waals surface area contributed by atoms with Crippen LogP contribution < -0.4 is 4.74 Å². The Morgan fingerprint density at radius 2 is 1.76 bits per heavy atom. The molecule has 0 fully saturated rings. The fourth-order valence-corrected chi connectivity index (χ4v) is 1.89. The minimum absolute atomic E-state index is 0.00623. The Morgan fingerprint density at radius 3 is 2.35 bits per heavy atom. The molecule has 0 amide bonds. The molecule has 0 saturated heterocycles. The molecule has 0 aliphatic carbocycles. The molecule has 17 heavy (non-hydrogen) atoms. The van der Waals surface area contributed by atoms with Gasteiger partial charge in [-0.3, -0.25) is 0 Å². The van der Waals surface area contributed by atoms with E-state index in [0.29, 0.717) is 17.1 Å². The van der Waals surface area contributed by atoms with Gasteiger partial charge in [-0.15, -0.1) is 0 Å². The third-order valence-corrected chi connectivity index (χ3v) is 2.87. The van der Waals surface area contributed by atoms with E-state index in [1.807, 2.05) is 37.3 Å². The second-order valence-corrected chi connectivity index (χ2v) is 5.09. The van der Waals surface area contributed by atoms with Crippen LogP contribution >= 0.6 is 15.9 Å². The lowest BCUT2D eigenvalue weighted by atomic mass is 10.1. The van der Waals surface area contributed by atoms with Crippen LogP contribution in [0.25, 0.3) is 0 Å². The highest BCUT2D eigenvalue weighted by molar-refractivity contribution is 9.09. The summed E-state index contributed by atoms with van der Waals surface area (Å²) in [6, 6.07) is 14.2. The molecule has 2 rings (SSSR count). The normalized spacial score (nSPS) is 12.2. The Labute approximate surface area is 108 Å². The first kappa shape index (κ1) is 12.1. The van der Waals surface area contributed by atoms with Crippen molar-refractivity contribution < 1.29 is 9.13 Å². The Hall–Kier alpha value is -1.35. The van der Waals surface area contributed by atoms with Crippen LogP contribution in [0.5, 0.6) is 11.5 Å². The highest BCUT2D eigenvalue weighted by atomic mass is 79.9. The van der Waals surface area contributed by atoms with Crippen LogP contribution in [-0.2, 0) is 0 Å². The van der Waals surface area contributed by atoms with Crippen LogP contribution in [0.2, 0.25) is 0 Å². The minimum atomic E-state index is -0.261. The molecular formula is C14H12BrFO. The summed E-state index contributed by atoms with van der Waals surface area (Å²) >= 11 is 3.34. The first-order valence-electron chi connectivity index (χ1n) is 5.33. The van der Waals surface area contributed by atoms with Crippen molar-refractivity contribution in [3.63, 3.8) is 0 Å². The maximum absolute atomic E-state index is 13.7. The summed E-state index contributed by atoms with van der Waals surface area (Å²) in [5.74, 6) is 0.944. The van der Waals surface area contributed by atoms with E-state index in [9.17, 15) is 4.39 Å². The van der Waals surface area contributed by atoms with E-state index in [4.69, 9.17) is 4.74 Å². The quantitative estimate of drug-likeness (QED) is 0.718. The summed E-state index contributed by atoms with van der Waals surface area (Å²) in [5, 5.41) is 0. The van der Waals surface area contributed by atoms with Gasteiger partial charge in [-0.05, 0) is 25.1 Å². The van der Waals surface area contributed by atoms with Gasteiger partial charge in [-0.1, -0.05) is 40.2 Å². The summed E-state index contributed by atoms with van der Waals surface area (Å²) in [5.41, 5.74) is 0.630. The lowest BCUT2D eigenvalue weighted by Gasteiger charge is -2.09. The van der Waals surface area contributed by atoms with E-state index < -0.39 is 0 Å². The second kappa shape index (κ2) is 5.32. The van der Waals surface area contributed by atoms with Crippen molar-refractivity contribution in [2.45, 2.75) is 11.8 Å². The lowest BCUT2D eigenvalue weighted by Crippen LogP contribution is -1.92. The van der Waals surface area contributed by atoms with Crippen molar-refractivity contribution in [1.29, 1.82) is 0 Å². The number of benzene rings is 2. The Morgan fingerprint density at radius 1 is 1.06 bits per heavy atom. The largest absolute Gasteiger partial charge is 0.457 e. The molecule has 2 aromatic carbocycles. The molecular weight excluding hydrogens is 283 g/mol. The zero-order chi connectivity index (χ0) is 12.3. The highest BCUT2D eigenvalue weighted by Gasteiger charge is 2.09. The smallest absolute Gasteiger partial charge is 0.131 e. The zero-order valence-corrected chi connectivity index (χ0v) is 10.9. The zero-order valence-electron chi connectivity index (χ0n) is 9.36. The molecule has 0 heterocycles. The topological polar surface area (TPSA) is 9.23 Å². The molecule has 0 aromatic heterocycles. The molecule has 3 heteroatoms. The fraction of sp³-hybridized carbons (Fsp3) is 0.143. The van der Waals surface area contributed by atoms with Gasteiger partial charge in [0.1, 0.15) is 17.3 Å². The van der Waals surface area contributed by atoms with Crippen LogP contribution in [0, 0.1) is 5.82 Å². The number of alkyl halides is 1. The van der Waals surface area contributed by atoms with Gasteiger partial charge in [0, 0.05) is 16.5 Å². The average Bonchev–Trinajstić information content (AvgIpc) is 2.30. The fourth-order valence-electron chi connectivity index (χ4n) is 1.52. The van der Waals surface area contributed by atoms with Gasteiger partial charge in [0.05, 0.1) is 0 Å². The molecule has 88 valence electrons. The summed E-state index contributed by atoms with van der Waals surface area (Å²) in [6.07, 6.45) is 0. The molecule has 0 N–H and O–H groups in total. The third-order valence-electron chi connectivity index (χ3n) is 2.38. The molecule has 0 radical (unpaired) electrons. The van der Waals surface area contributed by atoms with E-state index in [1.54, 1.807) is 12.1 Å². The van der Waals surface area contributed by atoms with Gasteiger partial charge in [0.15, 0.2) is 0 Å². The maximum atomic E-state index is 13.7. The van der Waals surface area contributed by atoms with Gasteiger partial charge < -0.3 is 4.74 Å². The summed E-state index contributed by atoms with van der Waals surface area (Å²) < 4.78 is 19.2. The standard InChI is InChI=1S/C14H12BrFO/c1-10(15)13-8-7-12(9-14(13)16)17-11-5-3-2-4-6-11/h2-10H,1H3. The molecule has 0 saturated carbocycles. The Kier molecular flexibility index (Phi) is 3.79. The molecule has 2 aromatic rings. The third kappa shape index (κ3) is 3.07. The Bertz CT molecular complexity index is 497. The van der Waals surface area contributed by atoms with E-state index in [2.05, 4.69) is 15.9 Å². The number of hydrogen-bond donors (Lipinski definition) is 0. The molecule has 1 atom stereocenters. The second-order valence-electron chi connectivity index (χ2n) is 3.71. The monoisotopic (exact) mass is 294 g/mol. The summed E-state index contributed by atoms with van der Waals surface area (Å²) in [4.78, 5) is -0.00623. The van der Waals surface area contributed by atoms with Gasteiger partial charge in [0.2, 0.25) is 0 Å². The van der Waals surface area contributed by atoms with Crippen molar-refractivity contribution in [2.24, 2.45) is 0 Å². The van der Waals surface area contributed by atoms with E-state index in [0.717, 1.165) is 0 Å². The van der Waals surface area contributed by atoms with Gasteiger partial charge in [-0.2, -0.15) is 0 Å². The van der Waals surface area contributed by atoms with Crippen molar-refractivity contribution in [2.75, 3.05) is 0 Å². The van der Waals surface area contributed by atoms with Crippen molar-refractivity contribution in [1.82, 2.24) is 0 Å². The van der Waals surface area contributed by atoms with Gasteiger partial charge in [-0.25, -0.2) is 4.39 Å². The molecule has 0 bridgehead atoms. The van der Waals surface area contributed by atoms with Crippen LogP contribution in [0.3, 0.4) is 0 Å². The predicted octanol–water partition coefficient (Wildman–Crippen LogP) is 5.07. The van der Waals surface area contributed by atoms with Gasteiger partial charge >= 0.3 is 0 Å². The van der Waals surface area contributed by atoms with E-state index in [-0.39, 0.29) is 10.6 Å². The number of hydrogen-bond acceptors (Lipinski definition) is 1. The van der Waals surface area contributed by atoms with Gasteiger partial charge in [0.25, 0.3) is 0 Å². The minimum Gasteiger partial charge on any atom is -0.457 e. The van der Waals surface area contributed by atoms with Crippen LogP contribution in [0.15, 0.2) is 48.5 Å². The average molecular weight is 295 g/mol. The molecule has 1 nitrogen and oxygen atoms in total. The molecule has 0 aliphatic rings. The summed E-state index contributed by atoms with van der Waals surface area (Å²) in [7, 11) is 0. The highest BCUT2D eigenvalue weighted by Crippen LogP contribution is 2.29. The molecule has 1 unspecified atom stereocenters. The number of halogens is 2. The van der Waals surface area contributed by atoms with Crippen molar-refractivity contribution in [3.8, 4) is 11.5 Å². The Balaban J connectivity index is 2.21. The lowest BCUT2D eigenvalue weighted by molar-refractivity contribution is 0.475.